The lowest BCUT2D eigenvalue weighted by molar-refractivity contribution is 0.0977. The summed E-state index contributed by atoms with van der Waals surface area (Å²) in [6.45, 7) is 2.78. The summed E-state index contributed by atoms with van der Waals surface area (Å²) in [5.41, 5.74) is 0.961. The average molecular weight is 422 g/mol. The zero-order chi connectivity index (χ0) is 20.6. The van der Waals surface area contributed by atoms with Gasteiger partial charge in [-0.2, -0.15) is 0 Å². The number of rotatable bonds is 8. The second-order valence-electron chi connectivity index (χ2n) is 6.06. The van der Waals surface area contributed by atoms with E-state index < -0.39 is 10.0 Å². The zero-order valence-corrected chi connectivity index (χ0v) is 17.1. The van der Waals surface area contributed by atoms with Crippen molar-refractivity contribution in [1.82, 2.24) is 5.32 Å². The number of nitrogens with two attached hydrogens (primary N) is 1. The predicted molar refractivity (Wildman–Crippen MR) is 113 cm³/mol. The molecule has 0 aliphatic heterocycles. The van der Waals surface area contributed by atoms with Gasteiger partial charge in [0, 0.05) is 11.3 Å². The molecule has 1 amide bonds. The summed E-state index contributed by atoms with van der Waals surface area (Å²) in [5, 5.41) is 10.5. The molecule has 0 fully saturated rings. The quantitative estimate of drug-likeness (QED) is 0.446. The second-order valence-corrected chi connectivity index (χ2v) is 8.03. The fourth-order valence-corrected chi connectivity index (χ4v) is 3.04. The number of benzene rings is 2. The van der Waals surface area contributed by atoms with Gasteiger partial charge in [0.2, 0.25) is 10.0 Å². The number of ether oxygens (including phenoxy) is 1. The third-order valence-electron chi connectivity index (χ3n) is 3.80. The first-order valence-corrected chi connectivity index (χ1v) is 10.7. The number of anilines is 1. The molecule has 9 heteroatoms. The predicted octanol–water partition coefficient (Wildman–Crippen LogP) is 3.03. The maximum absolute atomic E-state index is 12.3. The Bertz CT molecular complexity index is 911. The number of nitrogens with one attached hydrogen (secondary N) is 2. The van der Waals surface area contributed by atoms with E-state index in [0.29, 0.717) is 23.6 Å². The van der Waals surface area contributed by atoms with Gasteiger partial charge in [0.25, 0.3) is 5.91 Å². The standard InChI is InChI=1S/C19H23N3O4S2/c1-2-3-4-13-26-16-9-5-14(6-10-16)18(23)22-19(27)21-15-7-11-17(12-8-15)28(20,24)25/h5-12H,2-4,13H2,1H3,(H2,20,24,25)(H2,21,22,23,27). The lowest BCUT2D eigenvalue weighted by Gasteiger charge is -2.10. The molecule has 0 aliphatic rings. The molecule has 0 radical (unpaired) electrons. The number of sulfonamides is 1. The largest absolute Gasteiger partial charge is 0.494 e. The molecule has 0 spiro atoms. The van der Waals surface area contributed by atoms with Crippen molar-refractivity contribution < 1.29 is 17.9 Å². The number of carbonyl (C=O) groups is 1. The van der Waals surface area contributed by atoms with Crippen molar-refractivity contribution >= 4 is 38.9 Å². The van der Waals surface area contributed by atoms with Gasteiger partial charge in [0.1, 0.15) is 5.75 Å². The normalized spacial score (nSPS) is 10.9. The van der Waals surface area contributed by atoms with Crippen LogP contribution in [0, 0.1) is 0 Å². The molecule has 0 atom stereocenters. The van der Waals surface area contributed by atoms with E-state index in [9.17, 15) is 13.2 Å². The number of hydrogen-bond donors (Lipinski definition) is 3. The number of amides is 1. The Kier molecular flexibility index (Phi) is 7.91. The van der Waals surface area contributed by atoms with Gasteiger partial charge in [-0.15, -0.1) is 0 Å². The number of unbranched alkanes of at least 4 members (excludes halogenated alkanes) is 2. The smallest absolute Gasteiger partial charge is 0.257 e. The van der Waals surface area contributed by atoms with Gasteiger partial charge in [-0.25, -0.2) is 13.6 Å². The molecule has 0 aliphatic carbocycles. The highest BCUT2D eigenvalue weighted by Gasteiger charge is 2.10. The van der Waals surface area contributed by atoms with E-state index in [-0.39, 0.29) is 15.9 Å². The highest BCUT2D eigenvalue weighted by molar-refractivity contribution is 7.89. The summed E-state index contributed by atoms with van der Waals surface area (Å²) in [6.07, 6.45) is 3.25. The van der Waals surface area contributed by atoms with Gasteiger partial charge in [-0.1, -0.05) is 19.8 Å². The highest BCUT2D eigenvalue weighted by atomic mass is 32.2. The summed E-state index contributed by atoms with van der Waals surface area (Å²) in [6, 6.07) is 12.5. The Morgan fingerprint density at radius 2 is 1.71 bits per heavy atom. The third kappa shape index (κ3) is 6.91. The van der Waals surface area contributed by atoms with Crippen molar-refractivity contribution in [1.29, 1.82) is 0 Å². The number of thiocarbonyl (C=S) groups is 1. The van der Waals surface area contributed by atoms with E-state index in [4.69, 9.17) is 22.1 Å². The van der Waals surface area contributed by atoms with Crippen LogP contribution >= 0.6 is 12.2 Å². The van der Waals surface area contributed by atoms with E-state index in [1.54, 1.807) is 24.3 Å². The first-order valence-electron chi connectivity index (χ1n) is 8.77. The topological polar surface area (TPSA) is 111 Å². The molecule has 2 rings (SSSR count). The van der Waals surface area contributed by atoms with E-state index >= 15 is 0 Å². The summed E-state index contributed by atoms with van der Waals surface area (Å²) < 4.78 is 28.1. The minimum Gasteiger partial charge on any atom is -0.494 e. The Hall–Kier alpha value is -2.49. The van der Waals surface area contributed by atoms with Crippen LogP contribution < -0.4 is 20.5 Å². The van der Waals surface area contributed by atoms with Crippen LogP contribution in [-0.4, -0.2) is 26.0 Å². The highest BCUT2D eigenvalue weighted by Crippen LogP contribution is 2.14. The number of carbonyl (C=O) groups excluding carboxylic acids is 1. The number of primary sulfonamides is 1. The Balaban J connectivity index is 1.87. The first-order chi connectivity index (χ1) is 13.3. The molecule has 150 valence electrons. The molecule has 0 heterocycles. The lowest BCUT2D eigenvalue weighted by Crippen LogP contribution is -2.34. The van der Waals surface area contributed by atoms with E-state index in [0.717, 1.165) is 19.3 Å². The molecule has 7 nitrogen and oxygen atoms in total. The molecular formula is C19H23N3O4S2. The van der Waals surface area contributed by atoms with E-state index in [1.165, 1.54) is 24.3 Å². The zero-order valence-electron chi connectivity index (χ0n) is 15.5. The van der Waals surface area contributed by atoms with Crippen LogP contribution in [-0.2, 0) is 10.0 Å². The van der Waals surface area contributed by atoms with E-state index in [1.807, 2.05) is 0 Å². The van der Waals surface area contributed by atoms with Crippen LogP contribution in [0.2, 0.25) is 0 Å². The summed E-state index contributed by atoms with van der Waals surface area (Å²) in [7, 11) is -3.76. The maximum Gasteiger partial charge on any atom is 0.257 e. The Morgan fingerprint density at radius 1 is 1.07 bits per heavy atom. The monoisotopic (exact) mass is 421 g/mol. The summed E-state index contributed by atoms with van der Waals surface area (Å²) in [4.78, 5) is 12.3. The van der Waals surface area contributed by atoms with E-state index in [2.05, 4.69) is 17.6 Å². The van der Waals surface area contributed by atoms with Gasteiger partial charge in [0.05, 0.1) is 11.5 Å². The molecule has 4 N–H and O–H groups in total. The van der Waals surface area contributed by atoms with Crippen LogP contribution in [0.15, 0.2) is 53.4 Å². The molecule has 0 unspecified atom stereocenters. The van der Waals surface area contributed by atoms with Crippen molar-refractivity contribution in [2.45, 2.75) is 31.1 Å². The van der Waals surface area contributed by atoms with Crippen LogP contribution in [0.4, 0.5) is 5.69 Å². The fraction of sp³-hybridized carbons (Fsp3) is 0.263. The minimum atomic E-state index is -3.76. The fourth-order valence-electron chi connectivity index (χ4n) is 2.31. The maximum atomic E-state index is 12.3. The minimum absolute atomic E-state index is 0.00925. The van der Waals surface area contributed by atoms with Crippen molar-refractivity contribution in [3.63, 3.8) is 0 Å². The molecule has 0 bridgehead atoms. The first kappa shape index (κ1) is 21.8. The van der Waals surface area contributed by atoms with Crippen molar-refractivity contribution in [2.75, 3.05) is 11.9 Å². The van der Waals surface area contributed by atoms with Crippen LogP contribution in [0.1, 0.15) is 36.5 Å². The SMILES string of the molecule is CCCCCOc1ccc(C(=O)NC(=S)Nc2ccc(S(N)(=O)=O)cc2)cc1. The van der Waals surface area contributed by atoms with Gasteiger partial charge < -0.3 is 10.1 Å². The average Bonchev–Trinajstić information content (AvgIpc) is 2.65. The van der Waals surface area contributed by atoms with Gasteiger partial charge in [0.15, 0.2) is 5.11 Å². The summed E-state index contributed by atoms with van der Waals surface area (Å²) >= 11 is 5.12. The van der Waals surface area contributed by atoms with Crippen molar-refractivity contribution in [3.8, 4) is 5.75 Å². The van der Waals surface area contributed by atoms with Crippen molar-refractivity contribution in [3.05, 3.63) is 54.1 Å². The van der Waals surface area contributed by atoms with Crippen LogP contribution in [0.5, 0.6) is 5.75 Å². The molecule has 0 saturated carbocycles. The molecule has 2 aromatic carbocycles. The molecule has 0 aromatic heterocycles. The Labute approximate surface area is 170 Å². The third-order valence-corrected chi connectivity index (χ3v) is 4.93. The van der Waals surface area contributed by atoms with Crippen LogP contribution in [0.25, 0.3) is 0 Å². The molecule has 28 heavy (non-hydrogen) atoms. The molecule has 2 aromatic rings. The van der Waals surface area contributed by atoms with Gasteiger partial charge in [-0.05, 0) is 67.2 Å². The number of hydrogen-bond acceptors (Lipinski definition) is 5. The van der Waals surface area contributed by atoms with Gasteiger partial charge >= 0.3 is 0 Å². The molecule has 0 saturated heterocycles. The molecular weight excluding hydrogens is 398 g/mol. The van der Waals surface area contributed by atoms with Gasteiger partial charge in [-0.3, -0.25) is 10.1 Å². The second kappa shape index (κ2) is 10.2. The van der Waals surface area contributed by atoms with Crippen molar-refractivity contribution in [2.24, 2.45) is 5.14 Å². The Morgan fingerprint density at radius 3 is 2.29 bits per heavy atom. The summed E-state index contributed by atoms with van der Waals surface area (Å²) in [5.74, 6) is 0.347. The lowest BCUT2D eigenvalue weighted by atomic mass is 10.2. The van der Waals surface area contributed by atoms with Crippen LogP contribution in [0.3, 0.4) is 0 Å².